The smallest absolute Gasteiger partial charge is 0.324 e. The van der Waals surface area contributed by atoms with Crippen LogP contribution in [0.3, 0.4) is 0 Å². The van der Waals surface area contributed by atoms with Crippen molar-refractivity contribution in [2.24, 2.45) is 5.92 Å². The summed E-state index contributed by atoms with van der Waals surface area (Å²) in [5, 5.41) is 1.85. The Bertz CT molecular complexity index is 1420. The molecule has 1 fully saturated rings. The first-order valence-electron chi connectivity index (χ1n) is 11.4. The van der Waals surface area contributed by atoms with Gasteiger partial charge in [-0.25, -0.2) is 0 Å². The van der Waals surface area contributed by atoms with Crippen LogP contribution < -0.4 is 4.74 Å². The van der Waals surface area contributed by atoms with Gasteiger partial charge in [0.05, 0.1) is 10.0 Å². The largest absolute Gasteiger partial charge is 0.489 e. The molecule has 1 atom stereocenters. The van der Waals surface area contributed by atoms with E-state index in [1.165, 1.54) is 0 Å². The topological polar surface area (TPSA) is 77.6 Å². The van der Waals surface area contributed by atoms with Crippen LogP contribution in [-0.4, -0.2) is 22.7 Å². The number of ether oxygens (including phenoxy) is 3. The van der Waals surface area contributed by atoms with Gasteiger partial charge in [-0.2, -0.15) is 0 Å². The molecular weight excluding hydrogens is 501 g/mol. The van der Waals surface area contributed by atoms with E-state index in [9.17, 15) is 9.59 Å². The van der Waals surface area contributed by atoms with E-state index in [1.54, 1.807) is 38.1 Å². The molecule has 2 heterocycles. The van der Waals surface area contributed by atoms with Gasteiger partial charge in [-0.15, -0.1) is 0 Å². The minimum absolute atomic E-state index is 0.304. The highest BCUT2D eigenvalue weighted by Crippen LogP contribution is 2.41. The molecule has 0 unspecified atom stereocenters. The fourth-order valence-electron chi connectivity index (χ4n) is 4.47. The third-order valence-corrected chi connectivity index (χ3v) is 6.86. The van der Waals surface area contributed by atoms with Crippen molar-refractivity contribution in [1.82, 2.24) is 4.98 Å². The van der Waals surface area contributed by atoms with Gasteiger partial charge in [0.2, 0.25) is 0 Å². The standard InChI is InChI=1S/C28H23Cl2NO5/c1-28(2)35-26(32)25(27(33)36-28)24(20-14-31-23-6-4-3-5-19(20)23)17-8-10-18(11-9-17)34-15-16-7-12-21(29)22(30)13-16/h3-14,24-25,31H,15H2,1-2H3/t24-/m0/s1. The van der Waals surface area contributed by atoms with E-state index in [4.69, 9.17) is 37.4 Å². The van der Waals surface area contributed by atoms with Crippen molar-refractivity contribution in [2.45, 2.75) is 32.2 Å². The number of hydrogen-bond acceptors (Lipinski definition) is 5. The van der Waals surface area contributed by atoms with Crippen molar-refractivity contribution in [2.75, 3.05) is 0 Å². The number of nitrogens with one attached hydrogen (secondary N) is 1. The molecule has 6 nitrogen and oxygen atoms in total. The molecule has 0 spiro atoms. The Balaban J connectivity index is 1.47. The third kappa shape index (κ3) is 4.79. The van der Waals surface area contributed by atoms with Crippen LogP contribution in [-0.2, 0) is 25.7 Å². The van der Waals surface area contributed by atoms with Gasteiger partial charge in [0, 0.05) is 36.9 Å². The molecule has 0 bridgehead atoms. The molecule has 1 aromatic heterocycles. The van der Waals surface area contributed by atoms with Crippen molar-refractivity contribution < 1.29 is 23.8 Å². The van der Waals surface area contributed by atoms with Gasteiger partial charge < -0.3 is 19.2 Å². The van der Waals surface area contributed by atoms with Gasteiger partial charge in [-0.05, 0) is 47.0 Å². The Morgan fingerprint density at radius 1 is 0.944 bits per heavy atom. The van der Waals surface area contributed by atoms with Gasteiger partial charge in [0.15, 0.2) is 5.92 Å². The molecule has 1 aliphatic rings. The number of benzene rings is 3. The Morgan fingerprint density at radius 3 is 2.33 bits per heavy atom. The number of rotatable bonds is 6. The van der Waals surface area contributed by atoms with Crippen molar-refractivity contribution >= 4 is 46.0 Å². The molecule has 184 valence electrons. The molecule has 8 heteroatoms. The summed E-state index contributed by atoms with van der Waals surface area (Å²) in [5.41, 5.74) is 3.33. The third-order valence-electron chi connectivity index (χ3n) is 6.12. The minimum atomic E-state index is -1.31. The lowest BCUT2D eigenvalue weighted by Gasteiger charge is -2.36. The summed E-state index contributed by atoms with van der Waals surface area (Å²) in [6.45, 7) is 3.39. The van der Waals surface area contributed by atoms with E-state index in [0.717, 1.165) is 27.6 Å². The number of para-hydroxylation sites is 1. The van der Waals surface area contributed by atoms with Crippen molar-refractivity contribution in [3.63, 3.8) is 0 Å². The molecule has 3 aromatic carbocycles. The number of H-pyrrole nitrogens is 1. The highest BCUT2D eigenvalue weighted by molar-refractivity contribution is 6.42. The summed E-state index contributed by atoms with van der Waals surface area (Å²) in [6, 6.07) is 20.3. The molecular formula is C28H23Cl2NO5. The summed E-state index contributed by atoms with van der Waals surface area (Å²) in [5.74, 6) is -3.70. The van der Waals surface area contributed by atoms with E-state index < -0.39 is 29.6 Å². The fraction of sp³-hybridized carbons (Fsp3) is 0.214. The van der Waals surface area contributed by atoms with E-state index in [1.807, 2.05) is 48.7 Å². The lowest BCUT2D eigenvalue weighted by Crippen LogP contribution is -2.48. The molecule has 0 radical (unpaired) electrons. The molecule has 0 saturated carbocycles. The summed E-state index contributed by atoms with van der Waals surface area (Å²) < 4.78 is 16.8. The number of halogens is 2. The normalized spacial score (nSPS) is 16.4. The maximum atomic E-state index is 13.1. The van der Waals surface area contributed by atoms with Crippen LogP contribution in [0.25, 0.3) is 10.9 Å². The van der Waals surface area contributed by atoms with Crippen molar-refractivity contribution in [3.8, 4) is 5.75 Å². The maximum absolute atomic E-state index is 13.1. The predicted molar refractivity (Wildman–Crippen MR) is 137 cm³/mol. The first-order valence-corrected chi connectivity index (χ1v) is 12.2. The fourth-order valence-corrected chi connectivity index (χ4v) is 4.79. The Kier molecular flexibility index (Phi) is 6.41. The SMILES string of the molecule is CC1(C)OC(=O)C([C@@H](c2ccc(OCc3ccc(Cl)c(Cl)c3)cc2)c2c[nH]c3ccccc23)C(=O)O1. The van der Waals surface area contributed by atoms with E-state index >= 15 is 0 Å². The van der Waals surface area contributed by atoms with Crippen LogP contribution in [0.1, 0.15) is 36.5 Å². The second-order valence-corrected chi connectivity index (χ2v) is 9.91. The van der Waals surface area contributed by atoms with Gasteiger partial charge in [0.25, 0.3) is 5.79 Å². The zero-order chi connectivity index (χ0) is 25.4. The van der Waals surface area contributed by atoms with Crippen LogP contribution in [0.2, 0.25) is 10.0 Å². The van der Waals surface area contributed by atoms with E-state index in [-0.39, 0.29) is 0 Å². The second-order valence-electron chi connectivity index (χ2n) is 9.09. The Morgan fingerprint density at radius 2 is 1.64 bits per heavy atom. The monoisotopic (exact) mass is 523 g/mol. The molecule has 0 amide bonds. The number of carbonyl (C=O) groups excluding carboxylic acids is 2. The first kappa shape index (κ1) is 24.2. The second kappa shape index (κ2) is 9.52. The summed E-state index contributed by atoms with van der Waals surface area (Å²) in [4.78, 5) is 29.4. The van der Waals surface area contributed by atoms with Gasteiger partial charge in [0.1, 0.15) is 12.4 Å². The van der Waals surface area contributed by atoms with Crippen LogP contribution >= 0.6 is 23.2 Å². The number of esters is 2. The molecule has 5 rings (SSSR count). The van der Waals surface area contributed by atoms with Crippen molar-refractivity contribution in [1.29, 1.82) is 0 Å². The zero-order valence-electron chi connectivity index (χ0n) is 19.6. The Hall–Kier alpha value is -3.48. The number of hydrogen-bond donors (Lipinski definition) is 1. The van der Waals surface area contributed by atoms with Crippen LogP contribution in [0.4, 0.5) is 0 Å². The average molecular weight is 524 g/mol. The van der Waals surface area contributed by atoms with E-state index in [0.29, 0.717) is 22.4 Å². The first-order chi connectivity index (χ1) is 17.2. The number of fused-ring (bicyclic) bond motifs is 1. The van der Waals surface area contributed by atoms with Crippen molar-refractivity contribution in [3.05, 3.63) is 99.7 Å². The van der Waals surface area contributed by atoms with Gasteiger partial charge >= 0.3 is 11.9 Å². The van der Waals surface area contributed by atoms with Crippen LogP contribution in [0.5, 0.6) is 5.75 Å². The summed E-state index contributed by atoms with van der Waals surface area (Å²) >= 11 is 12.1. The maximum Gasteiger partial charge on any atom is 0.324 e. The average Bonchev–Trinajstić information content (AvgIpc) is 3.26. The lowest BCUT2D eigenvalue weighted by molar-refractivity contribution is -0.240. The Labute approximate surface area is 218 Å². The van der Waals surface area contributed by atoms with Crippen LogP contribution in [0.15, 0.2) is 72.9 Å². The predicted octanol–water partition coefficient (Wildman–Crippen LogP) is 6.64. The molecule has 4 aromatic rings. The molecule has 1 N–H and O–H groups in total. The number of carbonyl (C=O) groups is 2. The van der Waals surface area contributed by atoms with Crippen LogP contribution in [0, 0.1) is 5.92 Å². The summed E-state index contributed by atoms with van der Waals surface area (Å²) in [7, 11) is 0. The molecule has 0 aliphatic carbocycles. The number of cyclic esters (lactones) is 2. The summed E-state index contributed by atoms with van der Waals surface area (Å²) in [6.07, 6.45) is 1.82. The highest BCUT2D eigenvalue weighted by atomic mass is 35.5. The number of aromatic amines is 1. The molecule has 1 aliphatic heterocycles. The number of aromatic nitrogens is 1. The highest BCUT2D eigenvalue weighted by Gasteiger charge is 2.48. The van der Waals surface area contributed by atoms with E-state index in [2.05, 4.69) is 4.98 Å². The van der Waals surface area contributed by atoms with Gasteiger partial charge in [-0.3, -0.25) is 9.59 Å². The minimum Gasteiger partial charge on any atom is -0.489 e. The van der Waals surface area contributed by atoms with Gasteiger partial charge in [-0.1, -0.05) is 59.6 Å². The lowest BCUT2D eigenvalue weighted by atomic mass is 9.80. The molecule has 1 saturated heterocycles. The molecule has 36 heavy (non-hydrogen) atoms. The zero-order valence-corrected chi connectivity index (χ0v) is 21.1. The quantitative estimate of drug-likeness (QED) is 0.226.